The van der Waals surface area contributed by atoms with Gasteiger partial charge in [-0.05, 0) is 24.1 Å². The van der Waals surface area contributed by atoms with Crippen molar-refractivity contribution in [2.45, 2.75) is 13.5 Å². The van der Waals surface area contributed by atoms with E-state index in [4.69, 9.17) is 4.74 Å². The normalized spacial score (nSPS) is 10.9. The highest BCUT2D eigenvalue weighted by molar-refractivity contribution is 5.42. The van der Waals surface area contributed by atoms with E-state index < -0.39 is 0 Å². The summed E-state index contributed by atoms with van der Waals surface area (Å²) in [5.41, 5.74) is 2.38. The highest BCUT2D eigenvalue weighted by Crippen LogP contribution is 2.18. The first kappa shape index (κ1) is 13.7. The molecule has 0 spiro atoms. The summed E-state index contributed by atoms with van der Waals surface area (Å²) in [6.07, 6.45) is 3.53. The third-order valence-corrected chi connectivity index (χ3v) is 2.81. The number of para-hydroxylation sites is 1. The average Bonchev–Trinajstić information content (AvgIpc) is 2.81. The van der Waals surface area contributed by atoms with Crippen LogP contribution < -0.4 is 5.32 Å². The van der Waals surface area contributed by atoms with Gasteiger partial charge in [0.2, 0.25) is 0 Å². The quantitative estimate of drug-likeness (QED) is 0.811. The molecule has 19 heavy (non-hydrogen) atoms. The van der Waals surface area contributed by atoms with Crippen LogP contribution in [0.4, 0.5) is 4.39 Å². The van der Waals surface area contributed by atoms with Crippen LogP contribution >= 0.6 is 0 Å². The van der Waals surface area contributed by atoms with Gasteiger partial charge in [-0.2, -0.15) is 5.10 Å². The highest BCUT2D eigenvalue weighted by Gasteiger charge is 2.11. The number of hydrogen-bond acceptors (Lipinski definition) is 3. The molecule has 1 aromatic carbocycles. The fourth-order valence-corrected chi connectivity index (χ4v) is 1.89. The molecular weight excluding hydrogens is 245 g/mol. The molecule has 0 unspecified atom stereocenters. The van der Waals surface area contributed by atoms with Crippen LogP contribution in [0.25, 0.3) is 5.69 Å². The monoisotopic (exact) mass is 263 g/mol. The van der Waals surface area contributed by atoms with Crippen molar-refractivity contribution in [3.63, 3.8) is 0 Å². The molecule has 0 fully saturated rings. The lowest BCUT2D eigenvalue weighted by Gasteiger charge is -2.11. The van der Waals surface area contributed by atoms with Crippen LogP contribution in [-0.2, 0) is 11.3 Å². The predicted octanol–water partition coefficient (Wildman–Crippen LogP) is 2.06. The van der Waals surface area contributed by atoms with Crippen molar-refractivity contribution < 1.29 is 9.13 Å². The number of benzene rings is 1. The van der Waals surface area contributed by atoms with Crippen molar-refractivity contribution in [2.24, 2.45) is 0 Å². The first-order valence-electron chi connectivity index (χ1n) is 6.21. The second-order valence-electron chi connectivity index (χ2n) is 4.38. The topological polar surface area (TPSA) is 39.1 Å². The minimum atomic E-state index is -0.269. The van der Waals surface area contributed by atoms with Gasteiger partial charge in [0.15, 0.2) is 0 Å². The summed E-state index contributed by atoms with van der Waals surface area (Å²) in [4.78, 5) is 0. The van der Waals surface area contributed by atoms with Gasteiger partial charge < -0.3 is 10.1 Å². The molecule has 2 rings (SSSR count). The molecule has 5 heteroatoms. The van der Waals surface area contributed by atoms with Crippen LogP contribution in [0, 0.1) is 12.7 Å². The molecule has 0 amide bonds. The van der Waals surface area contributed by atoms with Crippen molar-refractivity contribution in [1.29, 1.82) is 0 Å². The summed E-state index contributed by atoms with van der Waals surface area (Å²) in [7, 11) is 1.65. The van der Waals surface area contributed by atoms with Crippen molar-refractivity contribution in [2.75, 3.05) is 20.3 Å². The van der Waals surface area contributed by atoms with E-state index in [1.807, 2.05) is 19.2 Å². The Bertz CT molecular complexity index is 539. The lowest BCUT2D eigenvalue weighted by molar-refractivity contribution is 0.199. The summed E-state index contributed by atoms with van der Waals surface area (Å²) >= 11 is 0. The molecule has 1 aromatic heterocycles. The van der Waals surface area contributed by atoms with E-state index in [1.165, 1.54) is 6.07 Å². The van der Waals surface area contributed by atoms with Crippen molar-refractivity contribution >= 4 is 0 Å². The van der Waals surface area contributed by atoms with E-state index in [1.54, 1.807) is 24.1 Å². The Morgan fingerprint density at radius 3 is 2.95 bits per heavy atom. The summed E-state index contributed by atoms with van der Waals surface area (Å²) in [5, 5.41) is 7.39. The number of ether oxygens (including phenoxy) is 1. The molecule has 2 aromatic rings. The zero-order valence-corrected chi connectivity index (χ0v) is 11.2. The van der Waals surface area contributed by atoms with Crippen LogP contribution in [0.2, 0.25) is 0 Å². The molecule has 0 aliphatic rings. The fraction of sp³-hybridized carbons (Fsp3) is 0.357. The maximum atomic E-state index is 14.0. The van der Waals surface area contributed by atoms with Crippen LogP contribution in [0.3, 0.4) is 0 Å². The zero-order valence-electron chi connectivity index (χ0n) is 11.2. The fourth-order valence-electron chi connectivity index (χ4n) is 1.89. The first-order valence-corrected chi connectivity index (χ1v) is 6.21. The zero-order chi connectivity index (χ0) is 13.7. The van der Waals surface area contributed by atoms with Gasteiger partial charge in [-0.15, -0.1) is 0 Å². The van der Waals surface area contributed by atoms with Crippen molar-refractivity contribution in [1.82, 2.24) is 15.1 Å². The smallest absolute Gasteiger partial charge is 0.149 e. The van der Waals surface area contributed by atoms with Crippen LogP contribution in [0.15, 0.2) is 30.6 Å². The number of nitrogens with one attached hydrogen (secondary N) is 1. The lowest BCUT2D eigenvalue weighted by atomic mass is 10.1. The van der Waals surface area contributed by atoms with E-state index >= 15 is 0 Å². The molecule has 102 valence electrons. The Labute approximate surface area is 112 Å². The highest BCUT2D eigenvalue weighted by atomic mass is 19.1. The molecule has 0 saturated carbocycles. The molecule has 0 saturated heterocycles. The number of aryl methyl sites for hydroxylation is 1. The number of rotatable bonds is 6. The maximum Gasteiger partial charge on any atom is 0.149 e. The van der Waals surface area contributed by atoms with E-state index in [-0.39, 0.29) is 5.82 Å². The molecular formula is C14H18FN3O. The third kappa shape index (κ3) is 3.39. The maximum absolute atomic E-state index is 14.0. The van der Waals surface area contributed by atoms with Crippen molar-refractivity contribution in [3.05, 3.63) is 47.5 Å². The average molecular weight is 263 g/mol. The SMILES string of the molecule is COCCNCc1cccc(F)c1-n1cc(C)cn1. The minimum absolute atomic E-state index is 0.269. The Hall–Kier alpha value is -1.72. The van der Waals surface area contributed by atoms with E-state index in [0.717, 1.165) is 17.7 Å². The van der Waals surface area contributed by atoms with E-state index in [9.17, 15) is 4.39 Å². The van der Waals surface area contributed by atoms with Crippen LogP contribution in [-0.4, -0.2) is 30.0 Å². The van der Waals surface area contributed by atoms with Gasteiger partial charge >= 0.3 is 0 Å². The molecule has 0 atom stereocenters. The first-order chi connectivity index (χ1) is 9.22. The minimum Gasteiger partial charge on any atom is -0.383 e. The van der Waals surface area contributed by atoms with Gasteiger partial charge in [-0.25, -0.2) is 9.07 Å². The van der Waals surface area contributed by atoms with Crippen LogP contribution in [0.5, 0.6) is 0 Å². The van der Waals surface area contributed by atoms with Gasteiger partial charge in [-0.3, -0.25) is 0 Å². The largest absolute Gasteiger partial charge is 0.383 e. The van der Waals surface area contributed by atoms with Gasteiger partial charge in [-0.1, -0.05) is 12.1 Å². The van der Waals surface area contributed by atoms with Gasteiger partial charge in [0.1, 0.15) is 11.5 Å². The number of hydrogen-bond donors (Lipinski definition) is 1. The van der Waals surface area contributed by atoms with Gasteiger partial charge in [0.05, 0.1) is 12.8 Å². The summed E-state index contributed by atoms with van der Waals surface area (Å²) in [5.74, 6) is -0.269. The van der Waals surface area contributed by atoms with E-state index in [0.29, 0.717) is 18.8 Å². The molecule has 0 bridgehead atoms. The van der Waals surface area contributed by atoms with Gasteiger partial charge in [0.25, 0.3) is 0 Å². The summed E-state index contributed by atoms with van der Waals surface area (Å²) < 4.78 is 20.6. The number of aromatic nitrogens is 2. The van der Waals surface area contributed by atoms with Crippen LogP contribution in [0.1, 0.15) is 11.1 Å². The molecule has 4 nitrogen and oxygen atoms in total. The number of halogens is 1. The number of methoxy groups -OCH3 is 1. The molecule has 0 aliphatic heterocycles. The van der Waals surface area contributed by atoms with Crippen molar-refractivity contribution in [3.8, 4) is 5.69 Å². The third-order valence-electron chi connectivity index (χ3n) is 2.81. The molecule has 1 N–H and O–H groups in total. The van der Waals surface area contributed by atoms with E-state index in [2.05, 4.69) is 10.4 Å². The molecule has 0 radical (unpaired) electrons. The lowest BCUT2D eigenvalue weighted by Crippen LogP contribution is -2.20. The second kappa shape index (κ2) is 6.45. The second-order valence-corrected chi connectivity index (χ2v) is 4.38. The Morgan fingerprint density at radius 1 is 1.42 bits per heavy atom. The standard InChI is InChI=1S/C14H18FN3O/c1-11-8-17-18(10-11)14-12(4-3-5-13(14)15)9-16-6-7-19-2/h3-5,8,10,16H,6-7,9H2,1-2H3. The predicted molar refractivity (Wildman–Crippen MR) is 71.8 cm³/mol. The van der Waals surface area contributed by atoms with Gasteiger partial charge in [0, 0.05) is 26.4 Å². The Morgan fingerprint density at radius 2 is 2.26 bits per heavy atom. The summed E-state index contributed by atoms with van der Waals surface area (Å²) in [6, 6.07) is 5.06. The summed E-state index contributed by atoms with van der Waals surface area (Å²) in [6.45, 7) is 3.87. The number of nitrogens with zero attached hydrogens (tertiary/aromatic N) is 2. The Balaban J connectivity index is 2.21. The molecule has 0 aliphatic carbocycles. The Kier molecular flexibility index (Phi) is 4.65. The molecule has 1 heterocycles.